The molecule has 0 amide bonds. The highest BCUT2D eigenvalue weighted by atomic mass is 19.4. The molecule has 1 aromatic heterocycles. The Morgan fingerprint density at radius 2 is 1.62 bits per heavy atom. The molecular formula is C20H14F3NO2. The predicted molar refractivity (Wildman–Crippen MR) is 87.8 cm³/mol. The van der Waals surface area contributed by atoms with Crippen LogP contribution in [0.1, 0.15) is 44.8 Å². The van der Waals surface area contributed by atoms with E-state index in [2.05, 4.69) is 4.98 Å². The number of ketones is 2. The van der Waals surface area contributed by atoms with E-state index < -0.39 is 11.7 Å². The number of aromatic nitrogens is 1. The number of hydrogen-bond acceptors (Lipinski definition) is 3. The zero-order valence-electron chi connectivity index (χ0n) is 13.6. The molecule has 0 spiro atoms. The summed E-state index contributed by atoms with van der Waals surface area (Å²) in [4.78, 5) is 29.6. The number of halogens is 3. The van der Waals surface area contributed by atoms with E-state index in [1.54, 1.807) is 24.3 Å². The van der Waals surface area contributed by atoms with Gasteiger partial charge in [0.15, 0.2) is 11.6 Å². The maximum absolute atomic E-state index is 12.9. The first-order valence-corrected chi connectivity index (χ1v) is 8.30. The van der Waals surface area contributed by atoms with Crippen LogP contribution in [0.5, 0.6) is 0 Å². The van der Waals surface area contributed by atoms with Crippen LogP contribution in [-0.4, -0.2) is 16.6 Å². The molecule has 0 unspecified atom stereocenters. The third kappa shape index (κ3) is 2.85. The monoisotopic (exact) mass is 357 g/mol. The highest BCUT2D eigenvalue weighted by molar-refractivity contribution is 6.27. The van der Waals surface area contributed by atoms with Crippen molar-refractivity contribution < 1.29 is 22.8 Å². The lowest BCUT2D eigenvalue weighted by Crippen LogP contribution is -2.24. The number of allylic oxidation sites excluding steroid dienone is 2. The van der Waals surface area contributed by atoms with Crippen LogP contribution >= 0.6 is 0 Å². The second-order valence-electron chi connectivity index (χ2n) is 6.58. The second kappa shape index (κ2) is 5.90. The summed E-state index contributed by atoms with van der Waals surface area (Å²) >= 11 is 0. The standard InChI is InChI=1S/C20H14F3NO2/c21-20(22,23)12-7-8-13(24-10-12)9-16-17(11-5-6-11)19(26)15-4-2-1-3-14(15)18(16)25/h1-4,7-8,10-11H,5-6,9H2. The molecule has 6 heteroatoms. The number of fused-ring (bicyclic) bond motifs is 1. The number of carbonyl (C=O) groups is 2. The Kier molecular flexibility index (Phi) is 3.79. The Balaban J connectivity index is 1.73. The SMILES string of the molecule is O=C1C(Cc2ccc(C(F)(F)F)cn2)=C(C2CC2)C(=O)c2ccccc21. The number of alkyl halides is 3. The zero-order valence-corrected chi connectivity index (χ0v) is 13.6. The molecule has 0 N–H and O–H groups in total. The van der Waals surface area contributed by atoms with Crippen LogP contribution in [0, 0.1) is 5.92 Å². The lowest BCUT2D eigenvalue weighted by atomic mass is 9.80. The molecule has 1 heterocycles. The lowest BCUT2D eigenvalue weighted by molar-refractivity contribution is -0.137. The van der Waals surface area contributed by atoms with E-state index in [-0.39, 0.29) is 23.9 Å². The first-order valence-electron chi connectivity index (χ1n) is 8.30. The smallest absolute Gasteiger partial charge is 0.289 e. The van der Waals surface area contributed by atoms with Crippen molar-refractivity contribution in [1.29, 1.82) is 0 Å². The molecule has 1 fully saturated rings. The van der Waals surface area contributed by atoms with E-state index in [0.717, 1.165) is 25.1 Å². The van der Waals surface area contributed by atoms with Gasteiger partial charge in [-0.05, 0) is 30.9 Å². The minimum Gasteiger partial charge on any atom is -0.289 e. The number of carbonyl (C=O) groups excluding carboxylic acids is 2. The van der Waals surface area contributed by atoms with Crippen LogP contribution < -0.4 is 0 Å². The average Bonchev–Trinajstić information content (AvgIpc) is 3.44. The molecule has 1 aromatic carbocycles. The molecule has 0 radical (unpaired) electrons. The third-order valence-corrected chi connectivity index (χ3v) is 4.76. The first kappa shape index (κ1) is 16.7. The molecule has 0 atom stereocenters. The fraction of sp³-hybridized carbons (Fsp3) is 0.250. The Morgan fingerprint density at radius 1 is 0.962 bits per heavy atom. The molecule has 0 bridgehead atoms. The normalized spacial score (nSPS) is 17.5. The van der Waals surface area contributed by atoms with Gasteiger partial charge in [0, 0.05) is 40.6 Å². The van der Waals surface area contributed by atoms with Gasteiger partial charge in [0.05, 0.1) is 5.56 Å². The molecule has 2 aliphatic rings. The van der Waals surface area contributed by atoms with Crippen LogP contribution in [0.15, 0.2) is 53.7 Å². The van der Waals surface area contributed by atoms with Crippen LogP contribution in [0.25, 0.3) is 0 Å². The highest BCUT2D eigenvalue weighted by Crippen LogP contribution is 2.43. The topological polar surface area (TPSA) is 47.0 Å². The molecule has 0 saturated heterocycles. The molecule has 2 aliphatic carbocycles. The molecule has 132 valence electrons. The van der Waals surface area contributed by atoms with Gasteiger partial charge >= 0.3 is 6.18 Å². The molecule has 26 heavy (non-hydrogen) atoms. The van der Waals surface area contributed by atoms with E-state index >= 15 is 0 Å². The maximum atomic E-state index is 12.9. The summed E-state index contributed by atoms with van der Waals surface area (Å²) in [5, 5.41) is 0. The van der Waals surface area contributed by atoms with Crippen molar-refractivity contribution in [1.82, 2.24) is 4.98 Å². The van der Waals surface area contributed by atoms with Crippen molar-refractivity contribution in [2.45, 2.75) is 25.4 Å². The van der Waals surface area contributed by atoms with E-state index in [1.807, 2.05) is 0 Å². The van der Waals surface area contributed by atoms with E-state index in [0.29, 0.717) is 28.0 Å². The van der Waals surface area contributed by atoms with Crippen LogP contribution in [-0.2, 0) is 12.6 Å². The molecule has 0 aliphatic heterocycles. The molecule has 1 saturated carbocycles. The van der Waals surface area contributed by atoms with Gasteiger partial charge in [-0.3, -0.25) is 14.6 Å². The zero-order chi connectivity index (χ0) is 18.5. The summed E-state index contributed by atoms with van der Waals surface area (Å²) in [5.41, 5.74) is 1.13. The number of benzene rings is 1. The number of hydrogen-bond donors (Lipinski definition) is 0. The van der Waals surface area contributed by atoms with Gasteiger partial charge in [-0.15, -0.1) is 0 Å². The summed E-state index contributed by atoms with van der Waals surface area (Å²) in [6.07, 6.45) is -1.95. The van der Waals surface area contributed by atoms with Crippen molar-refractivity contribution in [2.24, 2.45) is 5.92 Å². The van der Waals surface area contributed by atoms with Crippen LogP contribution in [0.2, 0.25) is 0 Å². The van der Waals surface area contributed by atoms with Gasteiger partial charge < -0.3 is 0 Å². The maximum Gasteiger partial charge on any atom is 0.417 e. The predicted octanol–water partition coefficient (Wildman–Crippen LogP) is 4.43. The Morgan fingerprint density at radius 3 is 2.15 bits per heavy atom. The first-order chi connectivity index (χ1) is 12.4. The summed E-state index contributed by atoms with van der Waals surface area (Å²) in [7, 11) is 0. The van der Waals surface area contributed by atoms with Crippen LogP contribution in [0.3, 0.4) is 0 Å². The number of pyridine rings is 1. The van der Waals surface area contributed by atoms with Gasteiger partial charge in [0.2, 0.25) is 0 Å². The summed E-state index contributed by atoms with van der Waals surface area (Å²) in [6.45, 7) is 0. The fourth-order valence-electron chi connectivity index (χ4n) is 3.30. The Hall–Kier alpha value is -2.76. The van der Waals surface area contributed by atoms with Crippen LogP contribution in [0.4, 0.5) is 13.2 Å². The summed E-state index contributed by atoms with van der Waals surface area (Å²) < 4.78 is 38.1. The Labute approximate surface area is 147 Å². The fourth-order valence-corrected chi connectivity index (χ4v) is 3.30. The average molecular weight is 357 g/mol. The quantitative estimate of drug-likeness (QED) is 0.816. The van der Waals surface area contributed by atoms with Crippen molar-refractivity contribution in [3.8, 4) is 0 Å². The van der Waals surface area contributed by atoms with Gasteiger partial charge in [0.1, 0.15) is 0 Å². The summed E-state index contributed by atoms with van der Waals surface area (Å²) in [5.74, 6) is -0.322. The van der Waals surface area contributed by atoms with Crippen molar-refractivity contribution >= 4 is 11.6 Å². The van der Waals surface area contributed by atoms with Gasteiger partial charge in [-0.1, -0.05) is 24.3 Å². The van der Waals surface area contributed by atoms with Gasteiger partial charge in [-0.2, -0.15) is 13.2 Å². The molecule has 3 nitrogen and oxygen atoms in total. The Bertz CT molecular complexity index is 938. The minimum absolute atomic E-state index is 0.0584. The third-order valence-electron chi connectivity index (χ3n) is 4.76. The molecule has 2 aromatic rings. The lowest BCUT2D eigenvalue weighted by Gasteiger charge is -2.21. The van der Waals surface area contributed by atoms with E-state index in [1.165, 1.54) is 6.07 Å². The van der Waals surface area contributed by atoms with Gasteiger partial charge in [0.25, 0.3) is 0 Å². The van der Waals surface area contributed by atoms with Crippen molar-refractivity contribution in [3.63, 3.8) is 0 Å². The van der Waals surface area contributed by atoms with Crippen molar-refractivity contribution in [2.75, 3.05) is 0 Å². The second-order valence-corrected chi connectivity index (χ2v) is 6.58. The molecule has 4 rings (SSSR count). The minimum atomic E-state index is -4.46. The number of nitrogens with zero attached hydrogens (tertiary/aromatic N) is 1. The molecular weight excluding hydrogens is 343 g/mol. The van der Waals surface area contributed by atoms with Gasteiger partial charge in [-0.25, -0.2) is 0 Å². The van der Waals surface area contributed by atoms with Crippen molar-refractivity contribution in [3.05, 3.63) is 76.1 Å². The summed E-state index contributed by atoms with van der Waals surface area (Å²) in [6, 6.07) is 8.88. The van der Waals surface area contributed by atoms with E-state index in [9.17, 15) is 22.8 Å². The number of rotatable bonds is 3. The highest BCUT2D eigenvalue weighted by Gasteiger charge is 2.40. The largest absolute Gasteiger partial charge is 0.417 e. The van der Waals surface area contributed by atoms with E-state index in [4.69, 9.17) is 0 Å². The number of Topliss-reactive ketones (excluding diaryl/α,β-unsaturated/α-hetero) is 2.